The highest BCUT2D eigenvalue weighted by Gasteiger charge is 2.41. The minimum atomic E-state index is -0.645. The van der Waals surface area contributed by atoms with Crippen LogP contribution < -0.4 is 10.2 Å². The number of thioether (sulfide) groups is 1. The molecule has 1 aliphatic heterocycles. The van der Waals surface area contributed by atoms with Gasteiger partial charge in [-0.3, -0.25) is 9.59 Å². The molecule has 1 aliphatic rings. The van der Waals surface area contributed by atoms with Gasteiger partial charge in [0.15, 0.2) is 0 Å². The number of aryl methyl sites for hydroxylation is 1. The normalized spacial score (nSPS) is 13.9. The summed E-state index contributed by atoms with van der Waals surface area (Å²) in [7, 11) is 0. The summed E-state index contributed by atoms with van der Waals surface area (Å²) in [6, 6.07) is 18.3. The third-order valence-electron chi connectivity index (χ3n) is 5.03. The summed E-state index contributed by atoms with van der Waals surface area (Å²) in [5.74, 6) is -1.83. The van der Waals surface area contributed by atoms with Gasteiger partial charge in [0.2, 0.25) is 0 Å². The van der Waals surface area contributed by atoms with Crippen molar-refractivity contribution in [2.45, 2.75) is 18.7 Å². The van der Waals surface area contributed by atoms with Gasteiger partial charge in [0, 0.05) is 15.6 Å². The van der Waals surface area contributed by atoms with E-state index in [1.807, 2.05) is 32.0 Å². The van der Waals surface area contributed by atoms with Crippen molar-refractivity contribution in [1.29, 1.82) is 0 Å². The van der Waals surface area contributed by atoms with Crippen LogP contribution in [0.15, 0.2) is 82.2 Å². The van der Waals surface area contributed by atoms with E-state index in [1.54, 1.807) is 30.3 Å². The Balaban J connectivity index is 1.79. The van der Waals surface area contributed by atoms with Crippen molar-refractivity contribution < 1.29 is 14.0 Å². The number of benzene rings is 3. The van der Waals surface area contributed by atoms with Gasteiger partial charge in [-0.25, -0.2) is 9.29 Å². The van der Waals surface area contributed by atoms with E-state index in [0.29, 0.717) is 10.7 Å². The smallest absolute Gasteiger partial charge is 0.283 e. The first-order valence-electron chi connectivity index (χ1n) is 9.51. The molecule has 0 radical (unpaired) electrons. The topological polar surface area (TPSA) is 49.4 Å². The lowest BCUT2D eigenvalue weighted by molar-refractivity contribution is -0.120. The van der Waals surface area contributed by atoms with Crippen LogP contribution >= 0.6 is 23.4 Å². The van der Waals surface area contributed by atoms with Crippen LogP contribution in [0, 0.1) is 19.7 Å². The molecule has 0 saturated heterocycles. The average Bonchev–Trinajstić information content (AvgIpc) is 2.97. The molecule has 1 N–H and O–H groups in total. The molecule has 2 amide bonds. The zero-order valence-corrected chi connectivity index (χ0v) is 18.4. The Bertz CT molecular complexity index is 1220. The molecular weight excluding hydrogens is 435 g/mol. The van der Waals surface area contributed by atoms with Crippen molar-refractivity contribution in [2.75, 3.05) is 10.2 Å². The first-order chi connectivity index (χ1) is 14.9. The van der Waals surface area contributed by atoms with E-state index in [4.69, 9.17) is 11.6 Å². The number of nitrogens with one attached hydrogen (secondary N) is 1. The number of amides is 2. The maximum absolute atomic E-state index is 14.5. The Morgan fingerprint density at radius 1 is 0.903 bits per heavy atom. The highest BCUT2D eigenvalue weighted by atomic mass is 35.5. The van der Waals surface area contributed by atoms with Crippen molar-refractivity contribution in [2.24, 2.45) is 0 Å². The number of rotatable bonds is 5. The lowest BCUT2D eigenvalue weighted by Gasteiger charge is -2.16. The number of imide groups is 1. The summed E-state index contributed by atoms with van der Waals surface area (Å²) in [5.41, 5.74) is 2.74. The molecule has 156 valence electrons. The molecule has 3 aromatic carbocycles. The fourth-order valence-corrected chi connectivity index (χ4v) is 4.26. The molecule has 0 atom stereocenters. The molecule has 31 heavy (non-hydrogen) atoms. The molecule has 0 bridgehead atoms. The van der Waals surface area contributed by atoms with Gasteiger partial charge in [-0.05, 0) is 67.4 Å². The lowest BCUT2D eigenvalue weighted by Crippen LogP contribution is -2.33. The second kappa shape index (κ2) is 8.57. The number of carbonyl (C=O) groups is 2. The fraction of sp³-hybridized carbons (Fsp3) is 0.0833. The molecular formula is C24H18ClFN2O2S. The van der Waals surface area contributed by atoms with Crippen molar-refractivity contribution in [3.8, 4) is 0 Å². The zero-order chi connectivity index (χ0) is 22.1. The maximum Gasteiger partial charge on any atom is 0.283 e. The summed E-state index contributed by atoms with van der Waals surface area (Å²) < 4.78 is 14.5. The van der Waals surface area contributed by atoms with Crippen LogP contribution in [0.3, 0.4) is 0 Å². The van der Waals surface area contributed by atoms with E-state index >= 15 is 0 Å². The SMILES string of the molecule is Cc1cccc(NC2=C(Sc3ccc(Cl)cc3)C(=O)N(c3ccccc3F)C2=O)c1C. The van der Waals surface area contributed by atoms with Crippen LogP contribution in [0.2, 0.25) is 5.02 Å². The molecule has 0 aliphatic carbocycles. The first kappa shape index (κ1) is 21.2. The van der Waals surface area contributed by atoms with Crippen LogP contribution in [0.4, 0.5) is 15.8 Å². The minimum Gasteiger partial charge on any atom is -0.350 e. The van der Waals surface area contributed by atoms with Gasteiger partial charge in [0.05, 0.1) is 5.69 Å². The predicted octanol–water partition coefficient (Wildman–Crippen LogP) is 6.09. The molecule has 0 saturated carbocycles. The van der Waals surface area contributed by atoms with Crippen LogP contribution in [0.25, 0.3) is 0 Å². The van der Waals surface area contributed by atoms with E-state index in [-0.39, 0.29) is 16.3 Å². The standard InChI is InChI=1S/C24H18ClFN2O2S/c1-14-6-5-8-19(15(14)2)27-21-22(31-17-12-10-16(25)11-13-17)24(30)28(23(21)29)20-9-4-3-7-18(20)26/h3-13,27H,1-2H3. The zero-order valence-electron chi connectivity index (χ0n) is 16.8. The summed E-state index contributed by atoms with van der Waals surface area (Å²) in [6.07, 6.45) is 0. The predicted molar refractivity (Wildman–Crippen MR) is 123 cm³/mol. The van der Waals surface area contributed by atoms with E-state index in [9.17, 15) is 14.0 Å². The highest BCUT2D eigenvalue weighted by Crippen LogP contribution is 2.39. The largest absolute Gasteiger partial charge is 0.350 e. The molecule has 4 rings (SSSR count). The van der Waals surface area contributed by atoms with E-state index < -0.39 is 17.6 Å². The Morgan fingerprint density at radius 3 is 2.32 bits per heavy atom. The van der Waals surface area contributed by atoms with Crippen LogP contribution in [-0.2, 0) is 9.59 Å². The van der Waals surface area contributed by atoms with Crippen LogP contribution in [0.5, 0.6) is 0 Å². The molecule has 0 aromatic heterocycles. The van der Waals surface area contributed by atoms with Gasteiger partial charge in [-0.2, -0.15) is 0 Å². The van der Waals surface area contributed by atoms with Gasteiger partial charge in [0.25, 0.3) is 11.8 Å². The highest BCUT2D eigenvalue weighted by molar-refractivity contribution is 8.04. The van der Waals surface area contributed by atoms with Gasteiger partial charge < -0.3 is 5.32 Å². The van der Waals surface area contributed by atoms with E-state index in [1.165, 1.54) is 18.2 Å². The van der Waals surface area contributed by atoms with Crippen molar-refractivity contribution in [3.63, 3.8) is 0 Å². The number of nitrogens with zero attached hydrogens (tertiary/aromatic N) is 1. The molecule has 1 heterocycles. The summed E-state index contributed by atoms with van der Waals surface area (Å²) in [4.78, 5) is 28.4. The van der Waals surface area contributed by atoms with Gasteiger partial charge in [-0.15, -0.1) is 0 Å². The van der Waals surface area contributed by atoms with Gasteiger partial charge >= 0.3 is 0 Å². The maximum atomic E-state index is 14.5. The number of carbonyl (C=O) groups excluding carboxylic acids is 2. The van der Waals surface area contributed by atoms with Crippen LogP contribution in [-0.4, -0.2) is 11.8 Å². The summed E-state index contributed by atoms with van der Waals surface area (Å²) in [6.45, 7) is 3.89. The number of para-hydroxylation sites is 1. The van der Waals surface area contributed by atoms with Crippen LogP contribution in [0.1, 0.15) is 11.1 Å². The lowest BCUT2D eigenvalue weighted by atomic mass is 10.1. The quantitative estimate of drug-likeness (QED) is 0.476. The van der Waals surface area contributed by atoms with Crippen molar-refractivity contribution in [3.05, 3.63) is 99.3 Å². The minimum absolute atomic E-state index is 0.0792. The third-order valence-corrected chi connectivity index (χ3v) is 6.38. The molecule has 0 unspecified atom stereocenters. The summed E-state index contributed by atoms with van der Waals surface area (Å²) in [5, 5.41) is 3.69. The Labute approximate surface area is 188 Å². The molecule has 3 aromatic rings. The number of anilines is 2. The molecule has 0 fully saturated rings. The summed E-state index contributed by atoms with van der Waals surface area (Å²) >= 11 is 7.10. The first-order valence-corrected chi connectivity index (χ1v) is 10.7. The molecule has 0 spiro atoms. The van der Waals surface area contributed by atoms with Gasteiger partial charge in [-0.1, -0.05) is 47.6 Å². The van der Waals surface area contributed by atoms with Crippen molar-refractivity contribution >= 4 is 46.6 Å². The average molecular weight is 453 g/mol. The third kappa shape index (κ3) is 4.09. The Hall–Kier alpha value is -3.09. The number of hydrogen-bond donors (Lipinski definition) is 1. The second-order valence-corrected chi connectivity index (χ2v) is 8.55. The monoisotopic (exact) mass is 452 g/mol. The Kier molecular flexibility index (Phi) is 5.85. The van der Waals surface area contributed by atoms with Crippen molar-refractivity contribution in [1.82, 2.24) is 0 Å². The van der Waals surface area contributed by atoms with E-state index in [2.05, 4.69) is 5.32 Å². The van der Waals surface area contributed by atoms with E-state index in [0.717, 1.165) is 32.7 Å². The van der Waals surface area contributed by atoms with Gasteiger partial charge in [0.1, 0.15) is 16.4 Å². The fourth-order valence-electron chi connectivity index (χ4n) is 3.21. The molecule has 7 heteroatoms. The molecule has 4 nitrogen and oxygen atoms in total. The Morgan fingerprint density at radius 2 is 1.61 bits per heavy atom. The number of hydrogen-bond acceptors (Lipinski definition) is 4. The second-order valence-electron chi connectivity index (χ2n) is 7.03. The number of halogens is 2.